The van der Waals surface area contributed by atoms with Gasteiger partial charge in [-0.1, -0.05) is 37.6 Å². The normalized spacial score (nSPS) is 11.0. The third-order valence-electron chi connectivity index (χ3n) is 3.15. The van der Waals surface area contributed by atoms with Gasteiger partial charge in [0.2, 0.25) is 5.95 Å². The second-order valence-electron chi connectivity index (χ2n) is 4.64. The summed E-state index contributed by atoms with van der Waals surface area (Å²) in [6, 6.07) is 12.6. The first-order valence-electron chi connectivity index (χ1n) is 6.47. The van der Waals surface area contributed by atoms with Gasteiger partial charge < -0.3 is 5.73 Å². The lowest BCUT2D eigenvalue weighted by Crippen LogP contribution is -1.91. The van der Waals surface area contributed by atoms with Crippen molar-refractivity contribution >= 4 is 11.6 Å². The maximum Gasteiger partial charge on any atom is 0.240 e. The van der Waals surface area contributed by atoms with Crippen molar-refractivity contribution in [3.63, 3.8) is 0 Å². The van der Waals surface area contributed by atoms with Gasteiger partial charge in [0.15, 0.2) is 5.65 Å². The molecule has 4 heteroatoms. The van der Waals surface area contributed by atoms with Crippen LogP contribution in [0, 0.1) is 0 Å². The van der Waals surface area contributed by atoms with Crippen molar-refractivity contribution in [3.8, 4) is 11.1 Å². The van der Waals surface area contributed by atoms with E-state index in [1.54, 1.807) is 4.52 Å². The summed E-state index contributed by atoms with van der Waals surface area (Å²) in [7, 11) is 0. The lowest BCUT2D eigenvalue weighted by molar-refractivity contribution is 0.922. The van der Waals surface area contributed by atoms with Gasteiger partial charge >= 0.3 is 0 Å². The highest BCUT2D eigenvalue weighted by Gasteiger charge is 2.03. The maximum atomic E-state index is 5.60. The molecule has 0 saturated carbocycles. The van der Waals surface area contributed by atoms with E-state index >= 15 is 0 Å². The Hall–Kier alpha value is -2.36. The van der Waals surface area contributed by atoms with Crippen LogP contribution in [0.5, 0.6) is 0 Å². The fraction of sp³-hybridized carbons (Fsp3) is 0.200. The predicted octanol–water partition coefficient (Wildman–Crippen LogP) is 2.93. The Morgan fingerprint density at radius 3 is 2.89 bits per heavy atom. The molecule has 0 unspecified atom stereocenters. The van der Waals surface area contributed by atoms with E-state index in [0.29, 0.717) is 5.95 Å². The van der Waals surface area contributed by atoms with Gasteiger partial charge in [-0.25, -0.2) is 4.52 Å². The van der Waals surface area contributed by atoms with Crippen molar-refractivity contribution in [2.75, 3.05) is 5.73 Å². The standard InChI is InChI=1S/C15H16N4/c1-2-4-11-5-3-6-12(9-11)13-7-8-14-17-15(16)18-19(14)10-13/h3,5-10H,2,4H2,1H3,(H2,16,18). The van der Waals surface area contributed by atoms with Crippen molar-refractivity contribution in [2.45, 2.75) is 19.8 Å². The molecular formula is C15H16N4. The highest BCUT2D eigenvalue weighted by molar-refractivity contribution is 5.65. The number of hydrogen-bond donors (Lipinski definition) is 1. The molecule has 0 saturated heterocycles. The summed E-state index contributed by atoms with van der Waals surface area (Å²) in [6.45, 7) is 2.19. The van der Waals surface area contributed by atoms with E-state index in [4.69, 9.17) is 5.73 Å². The molecule has 0 radical (unpaired) electrons. The second kappa shape index (κ2) is 4.72. The molecule has 0 aliphatic carbocycles. The average Bonchev–Trinajstić information content (AvgIpc) is 2.78. The van der Waals surface area contributed by atoms with Crippen LogP contribution in [0.25, 0.3) is 16.8 Å². The number of nitrogens with zero attached hydrogens (tertiary/aromatic N) is 3. The molecule has 1 aromatic carbocycles. The van der Waals surface area contributed by atoms with Crippen LogP contribution in [0.3, 0.4) is 0 Å². The van der Waals surface area contributed by atoms with Crippen LogP contribution >= 0.6 is 0 Å². The topological polar surface area (TPSA) is 56.2 Å². The number of nitrogen functional groups attached to an aromatic ring is 1. The number of benzene rings is 1. The molecule has 4 nitrogen and oxygen atoms in total. The van der Waals surface area contributed by atoms with E-state index in [1.165, 1.54) is 11.1 Å². The number of hydrogen-bond acceptors (Lipinski definition) is 3. The predicted molar refractivity (Wildman–Crippen MR) is 76.8 cm³/mol. The molecule has 96 valence electrons. The van der Waals surface area contributed by atoms with Crippen LogP contribution in [0.1, 0.15) is 18.9 Å². The van der Waals surface area contributed by atoms with Crippen molar-refractivity contribution in [1.29, 1.82) is 0 Å². The van der Waals surface area contributed by atoms with Crippen LogP contribution in [-0.2, 0) is 6.42 Å². The minimum Gasteiger partial charge on any atom is -0.366 e. The number of pyridine rings is 1. The third-order valence-corrected chi connectivity index (χ3v) is 3.15. The number of aromatic nitrogens is 3. The van der Waals surface area contributed by atoms with Crippen molar-refractivity contribution in [2.24, 2.45) is 0 Å². The van der Waals surface area contributed by atoms with Crippen molar-refractivity contribution in [3.05, 3.63) is 48.2 Å². The highest BCUT2D eigenvalue weighted by atomic mass is 15.3. The second-order valence-corrected chi connectivity index (χ2v) is 4.64. The molecule has 0 fully saturated rings. The van der Waals surface area contributed by atoms with Crippen LogP contribution in [0.15, 0.2) is 42.6 Å². The van der Waals surface area contributed by atoms with Crippen LogP contribution < -0.4 is 5.73 Å². The van der Waals surface area contributed by atoms with Gasteiger partial charge in [0.25, 0.3) is 0 Å². The zero-order valence-corrected chi connectivity index (χ0v) is 10.9. The molecule has 0 bridgehead atoms. The number of rotatable bonds is 3. The van der Waals surface area contributed by atoms with Gasteiger partial charge in [0.1, 0.15) is 0 Å². The lowest BCUT2D eigenvalue weighted by atomic mass is 10.0. The smallest absolute Gasteiger partial charge is 0.240 e. The van der Waals surface area contributed by atoms with Crippen LogP contribution in [-0.4, -0.2) is 14.6 Å². The van der Waals surface area contributed by atoms with Gasteiger partial charge in [-0.05, 0) is 29.7 Å². The first kappa shape index (κ1) is 11.7. The maximum absolute atomic E-state index is 5.60. The third kappa shape index (κ3) is 2.29. The summed E-state index contributed by atoms with van der Waals surface area (Å²) in [5.41, 5.74) is 10.0. The first-order valence-corrected chi connectivity index (χ1v) is 6.47. The summed E-state index contributed by atoms with van der Waals surface area (Å²) < 4.78 is 1.72. The van der Waals surface area contributed by atoms with Crippen molar-refractivity contribution in [1.82, 2.24) is 14.6 Å². The van der Waals surface area contributed by atoms with E-state index in [1.807, 2.05) is 12.3 Å². The van der Waals surface area contributed by atoms with E-state index in [0.717, 1.165) is 24.1 Å². The highest BCUT2D eigenvalue weighted by Crippen LogP contribution is 2.21. The van der Waals surface area contributed by atoms with Crippen LogP contribution in [0.2, 0.25) is 0 Å². The Morgan fingerprint density at radius 1 is 1.16 bits per heavy atom. The van der Waals surface area contributed by atoms with Gasteiger partial charge in [-0.2, -0.15) is 4.98 Å². The Kier molecular flexibility index (Phi) is 2.91. The number of fused-ring (bicyclic) bond motifs is 1. The van der Waals surface area contributed by atoms with E-state index in [-0.39, 0.29) is 0 Å². The molecule has 0 atom stereocenters. The van der Waals surface area contributed by atoms with Crippen LogP contribution in [0.4, 0.5) is 5.95 Å². The minimum atomic E-state index is 0.303. The molecule has 2 aromatic heterocycles. The summed E-state index contributed by atoms with van der Waals surface area (Å²) in [5.74, 6) is 0.303. The molecule has 0 spiro atoms. The molecule has 19 heavy (non-hydrogen) atoms. The Bertz CT molecular complexity index is 715. The first-order chi connectivity index (χ1) is 9.26. The van der Waals surface area contributed by atoms with Gasteiger partial charge in [0.05, 0.1) is 0 Å². The Labute approximate surface area is 111 Å². The summed E-state index contributed by atoms with van der Waals surface area (Å²) in [4.78, 5) is 4.12. The average molecular weight is 252 g/mol. The zero-order valence-electron chi connectivity index (χ0n) is 10.9. The van der Waals surface area contributed by atoms with Gasteiger partial charge in [-0.15, -0.1) is 5.10 Å². The molecule has 3 aromatic rings. The minimum absolute atomic E-state index is 0.303. The molecular weight excluding hydrogens is 236 g/mol. The van der Waals surface area contributed by atoms with E-state index in [2.05, 4.69) is 47.3 Å². The van der Waals surface area contributed by atoms with Crippen molar-refractivity contribution < 1.29 is 0 Å². The molecule has 2 N–H and O–H groups in total. The molecule has 0 aliphatic rings. The molecule has 2 heterocycles. The summed E-state index contributed by atoms with van der Waals surface area (Å²) in [6.07, 6.45) is 4.22. The zero-order chi connectivity index (χ0) is 13.2. The summed E-state index contributed by atoms with van der Waals surface area (Å²) >= 11 is 0. The Morgan fingerprint density at radius 2 is 2.05 bits per heavy atom. The quantitative estimate of drug-likeness (QED) is 0.779. The van der Waals surface area contributed by atoms with E-state index < -0.39 is 0 Å². The van der Waals surface area contributed by atoms with Gasteiger partial charge in [-0.3, -0.25) is 0 Å². The fourth-order valence-corrected chi connectivity index (χ4v) is 2.27. The SMILES string of the molecule is CCCc1cccc(-c2ccc3nc(N)nn3c2)c1. The molecule has 0 aliphatic heterocycles. The number of aryl methyl sites for hydroxylation is 1. The largest absolute Gasteiger partial charge is 0.366 e. The fourth-order valence-electron chi connectivity index (χ4n) is 2.27. The monoisotopic (exact) mass is 252 g/mol. The number of nitrogens with two attached hydrogens (primary N) is 1. The summed E-state index contributed by atoms with van der Waals surface area (Å²) in [5, 5.41) is 4.14. The Balaban J connectivity index is 2.05. The lowest BCUT2D eigenvalue weighted by Gasteiger charge is -2.05. The molecule has 3 rings (SSSR count). The number of anilines is 1. The molecule has 0 amide bonds. The van der Waals surface area contributed by atoms with Gasteiger partial charge in [0, 0.05) is 11.8 Å². The van der Waals surface area contributed by atoms with E-state index in [9.17, 15) is 0 Å².